The molecule has 2 heterocycles. The number of carbonyl (C=O) groups excluding carboxylic acids is 1. The Kier molecular flexibility index (Phi) is 4.77. The van der Waals surface area contributed by atoms with Gasteiger partial charge >= 0.3 is 11.6 Å². The van der Waals surface area contributed by atoms with Crippen molar-refractivity contribution in [3.8, 4) is 0 Å². The molecule has 0 aliphatic carbocycles. The minimum Gasteiger partial charge on any atom is -0.457 e. The summed E-state index contributed by atoms with van der Waals surface area (Å²) in [5.41, 5.74) is 3.00. The lowest BCUT2D eigenvalue weighted by atomic mass is 9.95. The fourth-order valence-corrected chi connectivity index (χ4v) is 3.65. The molecular weight excluding hydrogens is 336 g/mol. The zero-order valence-corrected chi connectivity index (χ0v) is 15.5. The highest BCUT2D eigenvalue weighted by molar-refractivity contribution is 7.13. The lowest BCUT2D eigenvalue weighted by Crippen LogP contribution is -2.07. The summed E-state index contributed by atoms with van der Waals surface area (Å²) in [7, 11) is 0. The number of rotatable bonds is 4. The highest BCUT2D eigenvalue weighted by Gasteiger charge is 2.14. The maximum absolute atomic E-state index is 12.2. The Morgan fingerprint density at radius 1 is 1.20 bits per heavy atom. The molecule has 0 bridgehead atoms. The molecule has 0 saturated heterocycles. The molecular formula is C20H20O4S. The largest absolute Gasteiger partial charge is 0.457 e. The van der Waals surface area contributed by atoms with Crippen molar-refractivity contribution in [1.29, 1.82) is 0 Å². The average Bonchev–Trinajstić information content (AvgIpc) is 2.97. The summed E-state index contributed by atoms with van der Waals surface area (Å²) in [4.78, 5) is 25.6. The second-order valence-electron chi connectivity index (χ2n) is 6.44. The van der Waals surface area contributed by atoms with E-state index in [0.29, 0.717) is 21.9 Å². The third kappa shape index (κ3) is 3.66. The van der Waals surface area contributed by atoms with Gasteiger partial charge in [-0.3, -0.25) is 0 Å². The van der Waals surface area contributed by atoms with Gasteiger partial charge in [-0.1, -0.05) is 13.8 Å². The molecule has 0 radical (unpaired) electrons. The molecule has 0 spiro atoms. The van der Waals surface area contributed by atoms with Crippen LogP contribution < -0.4 is 5.63 Å². The second-order valence-corrected chi connectivity index (χ2v) is 7.72. The normalized spacial score (nSPS) is 11.2. The van der Waals surface area contributed by atoms with Crippen LogP contribution in [0.1, 0.15) is 51.0 Å². The minimum absolute atomic E-state index is 0.0402. The Morgan fingerprint density at radius 3 is 2.60 bits per heavy atom. The molecule has 0 N–H and O–H groups in total. The van der Waals surface area contributed by atoms with Crippen LogP contribution in [0, 0.1) is 13.8 Å². The second kappa shape index (κ2) is 6.84. The van der Waals surface area contributed by atoms with E-state index in [4.69, 9.17) is 9.15 Å². The van der Waals surface area contributed by atoms with E-state index in [1.165, 1.54) is 23.0 Å². The third-order valence-electron chi connectivity index (χ3n) is 4.14. The zero-order chi connectivity index (χ0) is 18.1. The molecule has 0 saturated carbocycles. The van der Waals surface area contributed by atoms with Crippen molar-refractivity contribution in [3.63, 3.8) is 0 Å². The van der Waals surface area contributed by atoms with Crippen LogP contribution in [0.15, 0.2) is 39.5 Å². The number of hydrogen-bond donors (Lipinski definition) is 0. The monoisotopic (exact) mass is 356 g/mol. The van der Waals surface area contributed by atoms with E-state index in [2.05, 4.69) is 13.8 Å². The zero-order valence-electron chi connectivity index (χ0n) is 14.7. The van der Waals surface area contributed by atoms with Crippen LogP contribution in [0.4, 0.5) is 0 Å². The quantitative estimate of drug-likeness (QED) is 0.490. The molecule has 0 aliphatic heterocycles. The summed E-state index contributed by atoms with van der Waals surface area (Å²) < 4.78 is 10.7. The predicted molar refractivity (Wildman–Crippen MR) is 99.5 cm³/mol. The van der Waals surface area contributed by atoms with E-state index in [-0.39, 0.29) is 12.6 Å². The number of carbonyl (C=O) groups is 1. The van der Waals surface area contributed by atoms with Crippen molar-refractivity contribution in [3.05, 3.63) is 67.2 Å². The molecule has 2 aromatic heterocycles. The Labute approximate surface area is 150 Å². The van der Waals surface area contributed by atoms with Crippen molar-refractivity contribution in [2.45, 2.75) is 40.2 Å². The van der Waals surface area contributed by atoms with Crippen LogP contribution in [-0.2, 0) is 11.3 Å². The summed E-state index contributed by atoms with van der Waals surface area (Å²) in [5, 5.41) is 0.809. The van der Waals surface area contributed by atoms with Gasteiger partial charge < -0.3 is 9.15 Å². The predicted octanol–water partition coefficient (Wildman–Crippen LogP) is 4.95. The third-order valence-corrected chi connectivity index (χ3v) is 5.12. The van der Waals surface area contributed by atoms with Crippen molar-refractivity contribution in [2.24, 2.45) is 0 Å². The summed E-state index contributed by atoms with van der Waals surface area (Å²) >= 11 is 1.39. The van der Waals surface area contributed by atoms with E-state index in [1.54, 1.807) is 6.07 Å². The number of esters is 1. The number of ether oxygens (including phenoxy) is 1. The Hall–Kier alpha value is -2.40. The van der Waals surface area contributed by atoms with Gasteiger partial charge in [-0.25, -0.2) is 9.59 Å². The Balaban J connectivity index is 1.96. The first kappa shape index (κ1) is 17.4. The van der Waals surface area contributed by atoms with Crippen LogP contribution in [0.25, 0.3) is 11.0 Å². The van der Waals surface area contributed by atoms with Gasteiger partial charge in [0.2, 0.25) is 0 Å². The number of hydrogen-bond acceptors (Lipinski definition) is 5. The average molecular weight is 356 g/mol. The number of fused-ring (bicyclic) bond motifs is 1. The molecule has 0 atom stereocenters. The van der Waals surface area contributed by atoms with Crippen LogP contribution in [0.3, 0.4) is 0 Å². The van der Waals surface area contributed by atoms with Gasteiger partial charge in [0.15, 0.2) is 0 Å². The van der Waals surface area contributed by atoms with E-state index in [1.807, 2.05) is 32.0 Å². The smallest absolute Gasteiger partial charge is 0.348 e. The maximum atomic E-state index is 12.2. The van der Waals surface area contributed by atoms with E-state index in [0.717, 1.165) is 15.8 Å². The Bertz CT molecular complexity index is 995. The van der Waals surface area contributed by atoms with Crippen molar-refractivity contribution >= 4 is 28.3 Å². The van der Waals surface area contributed by atoms with Crippen molar-refractivity contribution in [1.82, 2.24) is 0 Å². The molecule has 5 heteroatoms. The molecule has 1 aromatic carbocycles. The van der Waals surface area contributed by atoms with E-state index >= 15 is 0 Å². The van der Waals surface area contributed by atoms with Gasteiger partial charge in [0, 0.05) is 21.9 Å². The topological polar surface area (TPSA) is 56.5 Å². The van der Waals surface area contributed by atoms with Crippen LogP contribution in [0.2, 0.25) is 0 Å². The summed E-state index contributed by atoms with van der Waals surface area (Å²) in [6, 6.07) is 8.93. The van der Waals surface area contributed by atoms with Gasteiger partial charge in [0.25, 0.3) is 0 Å². The molecule has 0 unspecified atom stereocenters. The lowest BCUT2D eigenvalue weighted by molar-refractivity contribution is 0.0479. The van der Waals surface area contributed by atoms with Crippen molar-refractivity contribution < 1.29 is 13.9 Å². The maximum Gasteiger partial charge on any atom is 0.348 e. The van der Waals surface area contributed by atoms with E-state index in [9.17, 15) is 9.59 Å². The highest BCUT2D eigenvalue weighted by Crippen LogP contribution is 2.27. The number of aryl methyl sites for hydroxylation is 2. The van der Waals surface area contributed by atoms with Gasteiger partial charge in [0.1, 0.15) is 17.1 Å². The summed E-state index contributed by atoms with van der Waals surface area (Å²) in [6.45, 7) is 8.21. The molecule has 0 amide bonds. The molecule has 25 heavy (non-hydrogen) atoms. The SMILES string of the molecule is Cc1ccc(C(=O)OCc2cc(=O)oc3cc(C)c(C(C)C)cc23)s1. The van der Waals surface area contributed by atoms with Crippen LogP contribution >= 0.6 is 11.3 Å². The minimum atomic E-state index is -0.442. The van der Waals surface area contributed by atoms with Crippen LogP contribution in [-0.4, -0.2) is 5.97 Å². The van der Waals surface area contributed by atoms with E-state index < -0.39 is 5.63 Å². The summed E-state index contributed by atoms with van der Waals surface area (Å²) in [5.74, 6) is -0.0310. The van der Waals surface area contributed by atoms with Gasteiger partial charge in [0.05, 0.1) is 0 Å². The van der Waals surface area contributed by atoms with Gasteiger partial charge in [-0.2, -0.15) is 0 Å². The number of benzene rings is 1. The summed E-state index contributed by atoms with van der Waals surface area (Å²) in [6.07, 6.45) is 0. The first-order valence-electron chi connectivity index (χ1n) is 8.16. The number of thiophene rings is 1. The molecule has 0 aliphatic rings. The van der Waals surface area contributed by atoms with Crippen LogP contribution in [0.5, 0.6) is 0 Å². The highest BCUT2D eigenvalue weighted by atomic mass is 32.1. The molecule has 4 nitrogen and oxygen atoms in total. The van der Waals surface area contributed by atoms with Gasteiger partial charge in [-0.05, 0) is 55.2 Å². The molecule has 0 fully saturated rings. The van der Waals surface area contributed by atoms with Crippen molar-refractivity contribution in [2.75, 3.05) is 0 Å². The van der Waals surface area contributed by atoms with Gasteiger partial charge in [-0.15, -0.1) is 11.3 Å². The first-order chi connectivity index (χ1) is 11.8. The Morgan fingerprint density at radius 2 is 1.96 bits per heavy atom. The first-order valence-corrected chi connectivity index (χ1v) is 8.97. The standard InChI is InChI=1S/C20H20O4S/c1-11(2)15-9-16-14(8-19(21)24-17(16)7-12(15)3)10-23-20(22)18-6-5-13(4)25-18/h5-9,11H,10H2,1-4H3. The molecule has 130 valence electrons. The molecule has 3 rings (SSSR count). The molecule has 3 aromatic rings. The lowest BCUT2D eigenvalue weighted by Gasteiger charge is -2.13. The fourth-order valence-electron chi connectivity index (χ4n) is 2.89. The fraction of sp³-hybridized carbons (Fsp3) is 0.300.